The van der Waals surface area contributed by atoms with E-state index in [0.717, 1.165) is 17.5 Å². The van der Waals surface area contributed by atoms with E-state index in [1.165, 1.54) is 0 Å². The Morgan fingerprint density at radius 2 is 2.07 bits per heavy atom. The molecule has 3 heteroatoms. The molecule has 0 atom stereocenters. The predicted octanol–water partition coefficient (Wildman–Crippen LogP) is 1.97. The minimum absolute atomic E-state index is 0.137. The number of aliphatic carboxylic acids is 1. The van der Waals surface area contributed by atoms with Crippen molar-refractivity contribution >= 4 is 5.97 Å². The van der Waals surface area contributed by atoms with E-state index in [4.69, 9.17) is 5.11 Å². The molecule has 0 amide bonds. The molecule has 0 unspecified atom stereocenters. The Morgan fingerprint density at radius 3 is 2.64 bits per heavy atom. The lowest BCUT2D eigenvalue weighted by atomic mass is 10.0. The van der Waals surface area contributed by atoms with Gasteiger partial charge in [-0.1, -0.05) is 13.0 Å². The predicted molar refractivity (Wildman–Crippen MR) is 53.4 cm³/mol. The molecule has 0 aromatic heterocycles. The fourth-order valence-corrected chi connectivity index (χ4v) is 1.43. The molecule has 2 N–H and O–H groups in total. The number of aromatic hydroxyl groups is 1. The highest BCUT2D eigenvalue weighted by atomic mass is 16.4. The van der Waals surface area contributed by atoms with Crippen molar-refractivity contribution in [2.75, 3.05) is 0 Å². The normalized spacial score (nSPS) is 10.1. The van der Waals surface area contributed by atoms with Crippen LogP contribution in [-0.4, -0.2) is 16.2 Å². The van der Waals surface area contributed by atoms with Gasteiger partial charge in [-0.15, -0.1) is 0 Å². The molecule has 0 fully saturated rings. The zero-order chi connectivity index (χ0) is 10.6. The van der Waals surface area contributed by atoms with Crippen molar-refractivity contribution in [1.29, 1.82) is 0 Å². The Balaban J connectivity index is 2.80. The summed E-state index contributed by atoms with van der Waals surface area (Å²) in [7, 11) is 0. The molecule has 1 rings (SSSR count). The zero-order valence-electron chi connectivity index (χ0n) is 8.16. The molecule has 0 saturated heterocycles. The van der Waals surface area contributed by atoms with E-state index < -0.39 is 5.97 Å². The molecule has 3 nitrogen and oxygen atoms in total. The summed E-state index contributed by atoms with van der Waals surface area (Å²) in [6.07, 6.45) is 1.47. The quantitative estimate of drug-likeness (QED) is 0.770. The lowest BCUT2D eigenvalue weighted by Gasteiger charge is -2.06. The van der Waals surface area contributed by atoms with Gasteiger partial charge in [0.1, 0.15) is 5.75 Å². The standard InChI is InChI=1S/C11H14O3/c1-2-8-7-10(12)5-3-9(8)4-6-11(13)14/h3,5,7,12H,2,4,6H2,1H3,(H,13,14). The van der Waals surface area contributed by atoms with E-state index in [2.05, 4.69) is 0 Å². The summed E-state index contributed by atoms with van der Waals surface area (Å²) >= 11 is 0. The maximum absolute atomic E-state index is 10.4. The monoisotopic (exact) mass is 194 g/mol. The Labute approximate surface area is 83.0 Å². The number of benzene rings is 1. The number of hydrogen-bond acceptors (Lipinski definition) is 2. The van der Waals surface area contributed by atoms with Gasteiger partial charge in [-0.25, -0.2) is 0 Å². The largest absolute Gasteiger partial charge is 0.508 e. The fraction of sp³-hybridized carbons (Fsp3) is 0.364. The molecule has 0 aliphatic rings. The third-order valence-electron chi connectivity index (χ3n) is 2.18. The van der Waals surface area contributed by atoms with E-state index in [1.807, 2.05) is 6.92 Å². The number of phenolic OH excluding ortho intramolecular Hbond substituents is 1. The molecule has 14 heavy (non-hydrogen) atoms. The molecular formula is C11H14O3. The number of phenols is 1. The summed E-state index contributed by atoms with van der Waals surface area (Å²) in [5.41, 5.74) is 2.03. The molecule has 0 aliphatic carbocycles. The van der Waals surface area contributed by atoms with Crippen molar-refractivity contribution in [1.82, 2.24) is 0 Å². The first kappa shape index (κ1) is 10.6. The van der Waals surface area contributed by atoms with Crippen LogP contribution in [0.1, 0.15) is 24.5 Å². The molecule has 1 aromatic rings. The van der Waals surface area contributed by atoms with E-state index in [1.54, 1.807) is 18.2 Å². The third-order valence-corrected chi connectivity index (χ3v) is 2.18. The molecule has 0 bridgehead atoms. The highest BCUT2D eigenvalue weighted by molar-refractivity contribution is 5.67. The number of hydrogen-bond donors (Lipinski definition) is 2. The SMILES string of the molecule is CCc1cc(O)ccc1CCC(=O)O. The van der Waals surface area contributed by atoms with Gasteiger partial charge in [-0.3, -0.25) is 4.79 Å². The van der Waals surface area contributed by atoms with Crippen LogP contribution in [0.2, 0.25) is 0 Å². The van der Waals surface area contributed by atoms with Gasteiger partial charge in [0.25, 0.3) is 0 Å². The van der Waals surface area contributed by atoms with Crippen molar-refractivity contribution in [3.63, 3.8) is 0 Å². The van der Waals surface area contributed by atoms with Gasteiger partial charge in [0.15, 0.2) is 0 Å². The Kier molecular flexibility index (Phi) is 3.51. The molecule has 0 radical (unpaired) electrons. The average molecular weight is 194 g/mol. The van der Waals surface area contributed by atoms with E-state index in [-0.39, 0.29) is 12.2 Å². The first-order valence-electron chi connectivity index (χ1n) is 4.66. The van der Waals surface area contributed by atoms with Crippen molar-refractivity contribution in [2.24, 2.45) is 0 Å². The lowest BCUT2D eigenvalue weighted by molar-refractivity contribution is -0.136. The summed E-state index contributed by atoms with van der Waals surface area (Å²) in [5, 5.41) is 17.8. The van der Waals surface area contributed by atoms with Crippen LogP contribution in [0.15, 0.2) is 18.2 Å². The number of rotatable bonds is 4. The molecule has 0 saturated carbocycles. The molecular weight excluding hydrogens is 180 g/mol. The molecule has 0 heterocycles. The minimum Gasteiger partial charge on any atom is -0.508 e. The second kappa shape index (κ2) is 4.65. The highest BCUT2D eigenvalue weighted by Crippen LogP contribution is 2.18. The van der Waals surface area contributed by atoms with Crippen LogP contribution in [0.4, 0.5) is 0 Å². The van der Waals surface area contributed by atoms with Crippen LogP contribution in [0.3, 0.4) is 0 Å². The van der Waals surface area contributed by atoms with E-state index in [0.29, 0.717) is 6.42 Å². The van der Waals surface area contributed by atoms with Crippen molar-refractivity contribution < 1.29 is 15.0 Å². The summed E-state index contributed by atoms with van der Waals surface area (Å²) in [4.78, 5) is 10.4. The molecule has 0 aliphatic heterocycles. The van der Waals surface area contributed by atoms with Crippen molar-refractivity contribution in [3.05, 3.63) is 29.3 Å². The third kappa shape index (κ3) is 2.76. The Morgan fingerprint density at radius 1 is 1.36 bits per heavy atom. The van der Waals surface area contributed by atoms with Crippen LogP contribution >= 0.6 is 0 Å². The number of carbonyl (C=O) groups is 1. The van der Waals surface area contributed by atoms with Gasteiger partial charge < -0.3 is 10.2 Å². The first-order chi connectivity index (χ1) is 6.63. The van der Waals surface area contributed by atoms with Crippen LogP contribution in [0, 0.1) is 0 Å². The molecule has 1 aromatic carbocycles. The van der Waals surface area contributed by atoms with E-state index >= 15 is 0 Å². The smallest absolute Gasteiger partial charge is 0.303 e. The van der Waals surface area contributed by atoms with Crippen LogP contribution < -0.4 is 0 Å². The minimum atomic E-state index is -0.792. The number of carboxylic acids is 1. The summed E-state index contributed by atoms with van der Waals surface area (Å²) in [6, 6.07) is 5.07. The van der Waals surface area contributed by atoms with Crippen molar-refractivity contribution in [3.8, 4) is 5.75 Å². The molecule has 0 spiro atoms. The van der Waals surface area contributed by atoms with Gasteiger partial charge in [-0.05, 0) is 36.1 Å². The van der Waals surface area contributed by atoms with Crippen LogP contribution in [0.5, 0.6) is 5.75 Å². The number of carboxylic acid groups (broad SMARTS) is 1. The van der Waals surface area contributed by atoms with E-state index in [9.17, 15) is 9.90 Å². The number of aryl methyl sites for hydroxylation is 2. The van der Waals surface area contributed by atoms with Gasteiger partial charge in [-0.2, -0.15) is 0 Å². The first-order valence-corrected chi connectivity index (χ1v) is 4.66. The Bertz CT molecular complexity index is 331. The molecule has 76 valence electrons. The summed E-state index contributed by atoms with van der Waals surface area (Å²) in [6.45, 7) is 1.99. The Hall–Kier alpha value is -1.51. The maximum Gasteiger partial charge on any atom is 0.303 e. The summed E-state index contributed by atoms with van der Waals surface area (Å²) < 4.78 is 0. The highest BCUT2D eigenvalue weighted by Gasteiger charge is 2.04. The van der Waals surface area contributed by atoms with Gasteiger partial charge in [0, 0.05) is 6.42 Å². The average Bonchev–Trinajstić information content (AvgIpc) is 2.15. The summed E-state index contributed by atoms with van der Waals surface area (Å²) in [5.74, 6) is -0.555. The van der Waals surface area contributed by atoms with Gasteiger partial charge in [0.2, 0.25) is 0 Å². The fourth-order valence-electron chi connectivity index (χ4n) is 1.43. The second-order valence-electron chi connectivity index (χ2n) is 3.20. The second-order valence-corrected chi connectivity index (χ2v) is 3.20. The van der Waals surface area contributed by atoms with Crippen molar-refractivity contribution in [2.45, 2.75) is 26.2 Å². The van der Waals surface area contributed by atoms with Gasteiger partial charge in [0.05, 0.1) is 0 Å². The zero-order valence-corrected chi connectivity index (χ0v) is 8.16. The topological polar surface area (TPSA) is 57.5 Å². The van der Waals surface area contributed by atoms with Crippen LogP contribution in [0.25, 0.3) is 0 Å². The van der Waals surface area contributed by atoms with Gasteiger partial charge >= 0.3 is 5.97 Å². The van der Waals surface area contributed by atoms with Crippen LogP contribution in [-0.2, 0) is 17.6 Å². The maximum atomic E-state index is 10.4. The lowest BCUT2D eigenvalue weighted by Crippen LogP contribution is -2.00.